The number of unbranched alkanes of at least 4 members (excludes halogenated alkanes) is 2. The number of nitrogens with one attached hydrogen (secondary N) is 1. The Morgan fingerprint density at radius 1 is 1.25 bits per heavy atom. The van der Waals surface area contributed by atoms with E-state index in [9.17, 15) is 0 Å². The van der Waals surface area contributed by atoms with Crippen LogP contribution in [0.1, 0.15) is 37.3 Å². The minimum Gasteiger partial charge on any atom is -0.383 e. The molecule has 0 bridgehead atoms. The summed E-state index contributed by atoms with van der Waals surface area (Å²) in [6.07, 6.45) is 3.84. The first-order valence-corrected chi connectivity index (χ1v) is 7.69. The predicted octanol–water partition coefficient (Wildman–Crippen LogP) is 3.36. The van der Waals surface area contributed by atoms with E-state index in [1.54, 1.807) is 7.11 Å². The molecule has 0 aromatic heterocycles. The maximum absolute atomic E-state index is 5.07. The molecule has 1 N–H and O–H groups in total. The van der Waals surface area contributed by atoms with Gasteiger partial charge in [-0.2, -0.15) is 0 Å². The maximum Gasteiger partial charge on any atom is 0.0587 e. The average Bonchev–Trinajstić information content (AvgIpc) is 2.44. The van der Waals surface area contributed by atoms with E-state index in [4.69, 9.17) is 4.74 Å². The highest BCUT2D eigenvalue weighted by Gasteiger charge is 2.07. The second-order valence-electron chi connectivity index (χ2n) is 5.43. The molecule has 20 heavy (non-hydrogen) atoms. The van der Waals surface area contributed by atoms with Gasteiger partial charge in [0, 0.05) is 39.5 Å². The summed E-state index contributed by atoms with van der Waals surface area (Å²) in [7, 11) is 3.93. The van der Waals surface area contributed by atoms with Crippen LogP contribution in [0.25, 0.3) is 0 Å². The lowest BCUT2D eigenvalue weighted by atomic mass is 10.1. The van der Waals surface area contributed by atoms with Gasteiger partial charge in [0.05, 0.1) is 6.61 Å². The van der Waals surface area contributed by atoms with Crippen molar-refractivity contribution in [2.24, 2.45) is 0 Å². The molecule has 0 heterocycles. The normalized spacial score (nSPS) is 10.8. The van der Waals surface area contributed by atoms with Crippen LogP contribution in [0, 0.1) is 6.92 Å². The van der Waals surface area contributed by atoms with Crippen molar-refractivity contribution in [3.05, 3.63) is 29.3 Å². The van der Waals surface area contributed by atoms with Crippen LogP contribution in [-0.4, -0.2) is 33.9 Å². The van der Waals surface area contributed by atoms with Gasteiger partial charge in [0.25, 0.3) is 0 Å². The molecule has 0 spiro atoms. The Hall–Kier alpha value is -1.06. The average molecular weight is 278 g/mol. The van der Waals surface area contributed by atoms with Crippen LogP contribution in [0.3, 0.4) is 0 Å². The van der Waals surface area contributed by atoms with E-state index in [2.05, 4.69) is 49.3 Å². The fourth-order valence-corrected chi connectivity index (χ4v) is 2.34. The van der Waals surface area contributed by atoms with Gasteiger partial charge in [0.15, 0.2) is 0 Å². The third-order valence-electron chi connectivity index (χ3n) is 3.54. The Balaban J connectivity index is 2.63. The molecule has 0 aliphatic carbocycles. The van der Waals surface area contributed by atoms with Crippen molar-refractivity contribution in [1.29, 1.82) is 0 Å². The number of methoxy groups -OCH3 is 1. The molecular formula is C17H30N2O. The molecule has 0 saturated carbocycles. The highest BCUT2D eigenvalue weighted by atomic mass is 16.5. The summed E-state index contributed by atoms with van der Waals surface area (Å²) in [5.41, 5.74) is 4.04. The van der Waals surface area contributed by atoms with Crippen molar-refractivity contribution in [2.45, 2.75) is 39.7 Å². The Labute approximate surface area is 124 Å². The summed E-state index contributed by atoms with van der Waals surface area (Å²) in [6, 6.07) is 6.73. The zero-order valence-electron chi connectivity index (χ0n) is 13.5. The molecule has 1 aromatic rings. The number of hydrogen-bond acceptors (Lipinski definition) is 3. The fourth-order valence-electron chi connectivity index (χ4n) is 2.34. The first-order chi connectivity index (χ1) is 9.69. The van der Waals surface area contributed by atoms with Gasteiger partial charge in [-0.25, -0.2) is 0 Å². The molecule has 0 radical (unpaired) electrons. The van der Waals surface area contributed by atoms with Gasteiger partial charge < -0.3 is 15.0 Å². The quantitative estimate of drug-likeness (QED) is 0.664. The Morgan fingerprint density at radius 2 is 2.05 bits per heavy atom. The van der Waals surface area contributed by atoms with Crippen LogP contribution >= 0.6 is 0 Å². The molecule has 0 aliphatic heterocycles. The van der Waals surface area contributed by atoms with E-state index in [0.717, 1.165) is 26.2 Å². The van der Waals surface area contributed by atoms with E-state index in [-0.39, 0.29) is 0 Å². The third kappa shape index (κ3) is 5.93. The largest absolute Gasteiger partial charge is 0.383 e. The smallest absolute Gasteiger partial charge is 0.0587 e. The number of hydrogen-bond donors (Lipinski definition) is 1. The SMILES string of the molecule is CCCCCN(C)c1ccc(C)cc1CNCCOC. The van der Waals surface area contributed by atoms with Crippen molar-refractivity contribution in [3.8, 4) is 0 Å². The summed E-state index contributed by atoms with van der Waals surface area (Å²) in [6.45, 7) is 8.08. The number of rotatable bonds is 10. The van der Waals surface area contributed by atoms with Crippen LogP contribution in [0.15, 0.2) is 18.2 Å². The molecule has 3 nitrogen and oxygen atoms in total. The molecule has 114 valence electrons. The second kappa shape index (κ2) is 9.78. The molecule has 0 fully saturated rings. The van der Waals surface area contributed by atoms with Crippen molar-refractivity contribution in [3.63, 3.8) is 0 Å². The van der Waals surface area contributed by atoms with Gasteiger partial charge >= 0.3 is 0 Å². The fraction of sp³-hybridized carbons (Fsp3) is 0.647. The predicted molar refractivity (Wildman–Crippen MR) is 87.6 cm³/mol. The molecule has 0 aliphatic rings. The zero-order valence-corrected chi connectivity index (χ0v) is 13.5. The van der Waals surface area contributed by atoms with Crippen LogP contribution in [0.5, 0.6) is 0 Å². The van der Waals surface area contributed by atoms with Crippen molar-refractivity contribution >= 4 is 5.69 Å². The molecule has 3 heteroatoms. The molecule has 0 saturated heterocycles. The lowest BCUT2D eigenvalue weighted by Crippen LogP contribution is -2.23. The van der Waals surface area contributed by atoms with Crippen molar-refractivity contribution < 1.29 is 4.74 Å². The number of ether oxygens (including phenoxy) is 1. The van der Waals surface area contributed by atoms with Gasteiger partial charge in [-0.05, 0) is 25.0 Å². The van der Waals surface area contributed by atoms with Crippen LogP contribution in [-0.2, 0) is 11.3 Å². The lowest BCUT2D eigenvalue weighted by Gasteiger charge is -2.23. The van der Waals surface area contributed by atoms with Gasteiger partial charge in [-0.15, -0.1) is 0 Å². The summed E-state index contributed by atoms with van der Waals surface area (Å²) >= 11 is 0. The molecule has 0 amide bonds. The highest BCUT2D eigenvalue weighted by molar-refractivity contribution is 5.54. The summed E-state index contributed by atoms with van der Waals surface area (Å²) in [5, 5.41) is 3.44. The van der Waals surface area contributed by atoms with Gasteiger partial charge in [0.2, 0.25) is 0 Å². The van der Waals surface area contributed by atoms with Crippen LogP contribution in [0.2, 0.25) is 0 Å². The summed E-state index contributed by atoms with van der Waals surface area (Å²) < 4.78 is 5.07. The Bertz CT molecular complexity index is 379. The summed E-state index contributed by atoms with van der Waals surface area (Å²) in [4.78, 5) is 2.38. The van der Waals surface area contributed by atoms with Crippen LogP contribution < -0.4 is 10.2 Å². The van der Waals surface area contributed by atoms with E-state index >= 15 is 0 Å². The highest BCUT2D eigenvalue weighted by Crippen LogP contribution is 2.21. The molecule has 1 aromatic carbocycles. The molecule has 1 rings (SSSR count). The van der Waals surface area contributed by atoms with Crippen LogP contribution in [0.4, 0.5) is 5.69 Å². The number of benzene rings is 1. The van der Waals surface area contributed by atoms with E-state index in [0.29, 0.717) is 0 Å². The number of anilines is 1. The Morgan fingerprint density at radius 3 is 2.75 bits per heavy atom. The molecule has 0 unspecified atom stereocenters. The third-order valence-corrected chi connectivity index (χ3v) is 3.54. The van der Waals surface area contributed by atoms with Gasteiger partial charge in [-0.3, -0.25) is 0 Å². The van der Waals surface area contributed by atoms with E-state index < -0.39 is 0 Å². The first kappa shape index (κ1) is 17.0. The van der Waals surface area contributed by atoms with Gasteiger partial charge in [0.1, 0.15) is 0 Å². The van der Waals surface area contributed by atoms with Crippen molar-refractivity contribution in [1.82, 2.24) is 5.32 Å². The minimum absolute atomic E-state index is 0.757. The summed E-state index contributed by atoms with van der Waals surface area (Å²) in [5.74, 6) is 0. The topological polar surface area (TPSA) is 24.5 Å². The standard InChI is InChI=1S/C17H30N2O/c1-5-6-7-11-19(3)17-9-8-15(2)13-16(17)14-18-10-12-20-4/h8-9,13,18H,5-7,10-12,14H2,1-4H3. The van der Waals surface area contributed by atoms with E-state index in [1.165, 1.54) is 36.1 Å². The molecule has 0 atom stereocenters. The second-order valence-corrected chi connectivity index (χ2v) is 5.43. The lowest BCUT2D eigenvalue weighted by molar-refractivity contribution is 0.199. The van der Waals surface area contributed by atoms with Crippen molar-refractivity contribution in [2.75, 3.05) is 38.8 Å². The van der Waals surface area contributed by atoms with Gasteiger partial charge in [-0.1, -0.05) is 37.5 Å². The minimum atomic E-state index is 0.757. The number of aryl methyl sites for hydroxylation is 1. The first-order valence-electron chi connectivity index (χ1n) is 7.69. The maximum atomic E-state index is 5.07. The molecular weight excluding hydrogens is 248 g/mol. The van der Waals surface area contributed by atoms with E-state index in [1.807, 2.05) is 0 Å². The zero-order chi connectivity index (χ0) is 14.8. The monoisotopic (exact) mass is 278 g/mol. The Kier molecular flexibility index (Phi) is 8.31. The number of nitrogens with zero attached hydrogens (tertiary/aromatic N) is 1.